The lowest BCUT2D eigenvalue weighted by Crippen LogP contribution is -2.55. The number of aryl methyl sites for hydroxylation is 2. The van der Waals surface area contributed by atoms with Gasteiger partial charge in [-0.25, -0.2) is 9.59 Å². The number of hydrogen-bond acceptors (Lipinski definition) is 9. The average Bonchev–Trinajstić information content (AvgIpc) is 3.59. The van der Waals surface area contributed by atoms with Crippen molar-refractivity contribution in [3.63, 3.8) is 0 Å². The molecule has 4 aromatic carbocycles. The monoisotopic (exact) mass is 943 g/mol. The predicted octanol–water partition coefficient (Wildman–Crippen LogP) is 10.2. The summed E-state index contributed by atoms with van der Waals surface area (Å²) in [5.41, 5.74) is 11.7. The highest BCUT2D eigenvalue weighted by atomic mass is 16.5. The number of amides is 2. The molecule has 0 radical (unpaired) electrons. The van der Waals surface area contributed by atoms with E-state index < -0.39 is 6.04 Å². The van der Waals surface area contributed by atoms with Crippen LogP contribution in [0.5, 0.6) is 0 Å². The van der Waals surface area contributed by atoms with Crippen LogP contribution in [0.15, 0.2) is 109 Å². The molecule has 1 heterocycles. The van der Waals surface area contributed by atoms with Gasteiger partial charge in [0, 0.05) is 25.9 Å². The molecule has 372 valence electrons. The molecular weight excluding hydrogens is 865 g/mol. The molecule has 4 N–H and O–H groups in total. The molecule has 0 bridgehead atoms. The van der Waals surface area contributed by atoms with Gasteiger partial charge in [-0.3, -0.25) is 19.7 Å². The third-order valence-corrected chi connectivity index (χ3v) is 14.4. The molecule has 1 aliphatic heterocycles. The minimum Gasteiger partial charge on any atom is -0.465 e. The van der Waals surface area contributed by atoms with E-state index in [-0.39, 0.29) is 40.9 Å². The number of hydrogen-bond donors (Lipinski definition) is 3. The third-order valence-electron chi connectivity index (χ3n) is 14.4. The van der Waals surface area contributed by atoms with Crippen LogP contribution in [0.3, 0.4) is 0 Å². The first-order valence-electron chi connectivity index (χ1n) is 24.9. The number of ether oxygens (including phenoxy) is 2. The quantitative estimate of drug-likeness (QED) is 0.111. The summed E-state index contributed by atoms with van der Waals surface area (Å²) in [6.45, 7) is 14.7. The van der Waals surface area contributed by atoms with Crippen LogP contribution in [0.4, 0.5) is 0 Å². The Bertz CT molecular complexity index is 2250. The van der Waals surface area contributed by atoms with E-state index in [1.54, 1.807) is 36.4 Å². The lowest BCUT2D eigenvalue weighted by atomic mass is 9.69. The molecule has 1 spiro atoms. The van der Waals surface area contributed by atoms with Gasteiger partial charge < -0.3 is 25.4 Å². The van der Waals surface area contributed by atoms with Gasteiger partial charge in [0.05, 0.1) is 43.1 Å². The Morgan fingerprint density at radius 3 is 1.61 bits per heavy atom. The molecule has 0 aromatic heterocycles. The molecule has 0 unspecified atom stereocenters. The summed E-state index contributed by atoms with van der Waals surface area (Å²) in [5.74, 6) is 1.19. The number of nitrogens with two attached hydrogens (primary N) is 1. The Labute approximate surface area is 411 Å². The topological polar surface area (TPSA) is 157 Å². The highest BCUT2D eigenvalue weighted by molar-refractivity contribution is 5.90. The van der Waals surface area contributed by atoms with Crippen LogP contribution >= 0.6 is 0 Å². The summed E-state index contributed by atoms with van der Waals surface area (Å²) in [7, 11) is 2.73. The number of nitrogens with one attached hydrogen (secondary N) is 2. The molecule has 4 aromatic rings. The van der Waals surface area contributed by atoms with E-state index in [2.05, 4.69) is 86.1 Å². The zero-order valence-electron chi connectivity index (χ0n) is 42.5. The fraction of sp³-hybridized carbons (Fsp3) is 0.500. The van der Waals surface area contributed by atoms with E-state index in [0.29, 0.717) is 47.8 Å². The summed E-state index contributed by atoms with van der Waals surface area (Å²) in [5, 5.41) is 6.63. The molecule has 1 saturated heterocycles. The Kier molecular flexibility index (Phi) is 19.9. The van der Waals surface area contributed by atoms with Crippen molar-refractivity contribution < 1.29 is 33.4 Å². The lowest BCUT2D eigenvalue weighted by Gasteiger charge is -2.46. The van der Waals surface area contributed by atoms with Crippen LogP contribution < -0.4 is 16.4 Å². The van der Waals surface area contributed by atoms with Gasteiger partial charge in [0.15, 0.2) is 0 Å². The number of benzene rings is 4. The van der Waals surface area contributed by atoms with Crippen LogP contribution in [0.2, 0.25) is 0 Å². The summed E-state index contributed by atoms with van der Waals surface area (Å²) in [4.78, 5) is 61.9. The van der Waals surface area contributed by atoms with Gasteiger partial charge >= 0.3 is 11.9 Å². The van der Waals surface area contributed by atoms with Gasteiger partial charge in [-0.1, -0.05) is 126 Å². The van der Waals surface area contributed by atoms with E-state index >= 15 is 0 Å². The average molecular weight is 943 g/mol. The number of Topliss-reactive ketones (excluding diaryl/α,β-unsaturated/α-hetero) is 1. The van der Waals surface area contributed by atoms with Crippen molar-refractivity contribution >= 4 is 29.5 Å². The van der Waals surface area contributed by atoms with Crippen molar-refractivity contribution in [1.82, 2.24) is 15.5 Å². The maximum absolute atomic E-state index is 13.7. The van der Waals surface area contributed by atoms with Crippen molar-refractivity contribution in [2.45, 2.75) is 149 Å². The predicted molar refractivity (Wildman–Crippen MR) is 273 cm³/mol. The molecule has 11 nitrogen and oxygen atoms in total. The van der Waals surface area contributed by atoms with Crippen molar-refractivity contribution in [2.24, 2.45) is 28.4 Å². The van der Waals surface area contributed by atoms with E-state index in [0.717, 1.165) is 87.7 Å². The fourth-order valence-corrected chi connectivity index (χ4v) is 9.77. The Hall–Kier alpha value is -5.65. The van der Waals surface area contributed by atoms with Gasteiger partial charge in [0.25, 0.3) is 0 Å². The van der Waals surface area contributed by atoms with Crippen LogP contribution in [-0.2, 0) is 49.8 Å². The fourth-order valence-electron chi connectivity index (χ4n) is 9.77. The lowest BCUT2D eigenvalue weighted by molar-refractivity contribution is -0.134. The van der Waals surface area contributed by atoms with E-state index in [1.165, 1.54) is 25.3 Å². The maximum atomic E-state index is 13.7. The number of nitrogens with zero attached hydrogens (tertiary/aromatic N) is 1. The molecule has 2 aliphatic carbocycles. The minimum atomic E-state index is -0.542. The standard InChI is InChI=1S/C29H38N2O3.C19H22N2O3.C10H18O/c1-28(2,3)24-16-18-29(19-17-24)30-25(15-12-21-8-6-5-7-9-21)26(32)31(29)20-22-10-13-23(14-11-22)27(33)34-4;1-24-19(23)16-10-7-15(8-11-16)13-21-18(22)17(20)12-9-14-5-3-2-4-6-14;1-10(2,3)8-4-6-9(11)7-5-8/h5-11,13-14,24-25,30H,12,15-20H2,1-4H3;2-8,10-11,17H,9,12-13,20H2,1H3,(H,21,22);8H,4-7H2,1-3H3/t24?,25-,29?;17-;/m00./s1. The largest absolute Gasteiger partial charge is 0.465 e. The Morgan fingerprint density at radius 2 is 1.13 bits per heavy atom. The van der Waals surface area contributed by atoms with Crippen molar-refractivity contribution in [2.75, 3.05) is 14.2 Å². The van der Waals surface area contributed by atoms with Gasteiger partial charge in [-0.15, -0.1) is 0 Å². The van der Waals surface area contributed by atoms with E-state index in [1.807, 2.05) is 48.5 Å². The first-order chi connectivity index (χ1) is 32.8. The van der Waals surface area contributed by atoms with Crippen molar-refractivity contribution in [3.8, 4) is 0 Å². The van der Waals surface area contributed by atoms with Crippen LogP contribution in [0, 0.1) is 22.7 Å². The maximum Gasteiger partial charge on any atom is 0.337 e. The number of carbonyl (C=O) groups excluding carboxylic acids is 5. The first-order valence-corrected chi connectivity index (χ1v) is 24.9. The molecule has 7 rings (SSSR count). The van der Waals surface area contributed by atoms with Gasteiger partial charge in [0.1, 0.15) is 5.78 Å². The number of esters is 2. The number of ketones is 1. The smallest absolute Gasteiger partial charge is 0.337 e. The zero-order chi connectivity index (χ0) is 50.2. The Balaban J connectivity index is 0.000000219. The molecular formula is C58H78N4O7. The second-order valence-electron chi connectivity index (χ2n) is 21.2. The minimum absolute atomic E-state index is 0.166. The molecule has 11 heteroatoms. The summed E-state index contributed by atoms with van der Waals surface area (Å²) in [6, 6.07) is 34.0. The van der Waals surface area contributed by atoms with Crippen LogP contribution in [0.25, 0.3) is 0 Å². The molecule has 2 amide bonds. The number of methoxy groups -OCH3 is 2. The van der Waals surface area contributed by atoms with Gasteiger partial charge in [-0.05, 0) is 133 Å². The second-order valence-corrected chi connectivity index (χ2v) is 21.2. The second kappa shape index (κ2) is 25.3. The normalized spacial score (nSPS) is 19.9. The van der Waals surface area contributed by atoms with Crippen LogP contribution in [0.1, 0.15) is 149 Å². The summed E-state index contributed by atoms with van der Waals surface area (Å²) >= 11 is 0. The SMILES string of the molecule is CC(C)(C)C1CCC(=O)CC1.COC(=O)c1ccc(CN2C(=O)[C@H](CCc3ccccc3)NC23CCC(C(C)(C)C)CC3)cc1.COC(=O)c1ccc(CNC(=O)[C@@H](N)CCc2ccccc2)cc1. The van der Waals surface area contributed by atoms with Crippen molar-refractivity contribution in [1.29, 1.82) is 0 Å². The highest BCUT2D eigenvalue weighted by Gasteiger charge is 2.52. The molecule has 3 aliphatic rings. The third kappa shape index (κ3) is 16.2. The van der Waals surface area contributed by atoms with E-state index in [9.17, 15) is 24.0 Å². The summed E-state index contributed by atoms with van der Waals surface area (Å²) in [6.07, 6.45) is 11.1. The zero-order valence-corrected chi connectivity index (χ0v) is 42.5. The molecule has 69 heavy (non-hydrogen) atoms. The first kappa shape index (κ1) is 54.3. The van der Waals surface area contributed by atoms with E-state index in [4.69, 9.17) is 10.5 Å². The van der Waals surface area contributed by atoms with Gasteiger partial charge in [0.2, 0.25) is 11.8 Å². The van der Waals surface area contributed by atoms with Gasteiger partial charge in [-0.2, -0.15) is 0 Å². The Morgan fingerprint density at radius 1 is 0.667 bits per heavy atom. The van der Waals surface area contributed by atoms with Crippen molar-refractivity contribution in [3.05, 3.63) is 143 Å². The highest BCUT2D eigenvalue weighted by Crippen LogP contribution is 2.45. The molecule has 2 saturated carbocycles. The number of carbonyl (C=O) groups is 5. The molecule has 3 fully saturated rings. The number of rotatable bonds is 13. The summed E-state index contributed by atoms with van der Waals surface area (Å²) < 4.78 is 9.46. The molecule has 2 atom stereocenters. The van der Waals surface area contributed by atoms with Crippen LogP contribution in [-0.4, -0.2) is 66.4 Å².